The molecule has 0 aliphatic rings. The number of nitrogens with one attached hydrogen (secondary N) is 1. The van der Waals surface area contributed by atoms with Crippen LogP contribution in [0.1, 0.15) is 18.0 Å². The summed E-state index contributed by atoms with van der Waals surface area (Å²) >= 11 is 0. The Morgan fingerprint density at radius 2 is 2.35 bits per heavy atom. The molecule has 0 saturated heterocycles. The predicted molar refractivity (Wildman–Crippen MR) is 61.0 cm³/mol. The summed E-state index contributed by atoms with van der Waals surface area (Å²) < 4.78 is 18.2. The fourth-order valence-electron chi connectivity index (χ4n) is 1.43. The highest BCUT2D eigenvalue weighted by atomic mass is 19.1. The maximum atomic E-state index is 13.4. The molecule has 0 bridgehead atoms. The Balaban J connectivity index is 2.75. The lowest BCUT2D eigenvalue weighted by Gasteiger charge is -2.12. The summed E-state index contributed by atoms with van der Waals surface area (Å²) in [6, 6.07) is 5.87. The molecule has 1 aromatic rings. The van der Waals surface area contributed by atoms with Crippen molar-refractivity contribution in [1.29, 1.82) is 5.26 Å². The third kappa shape index (κ3) is 3.70. The number of ether oxygens (including phenoxy) is 1. The summed E-state index contributed by atoms with van der Waals surface area (Å²) in [4.78, 5) is 0. The number of benzene rings is 1. The molecule has 1 atom stereocenters. The maximum absolute atomic E-state index is 13.4. The molecule has 0 fully saturated rings. The Hall–Kier alpha value is -1.64. The smallest absolute Gasteiger partial charge is 0.165 e. The average Bonchev–Trinajstić information content (AvgIpc) is 2.35. The molecule has 0 aliphatic carbocycles. The number of nitriles is 1. The van der Waals surface area contributed by atoms with Gasteiger partial charge in [-0.2, -0.15) is 5.26 Å². The molecule has 0 aromatic heterocycles. The third-order valence-electron chi connectivity index (χ3n) is 2.32. The zero-order chi connectivity index (χ0) is 12.7. The minimum absolute atomic E-state index is 0.0577. The largest absolute Gasteiger partial charge is 0.494 e. The minimum Gasteiger partial charge on any atom is -0.494 e. The highest BCUT2D eigenvalue weighted by Crippen LogP contribution is 2.21. The van der Waals surface area contributed by atoms with Gasteiger partial charge in [-0.1, -0.05) is 6.07 Å². The topological polar surface area (TPSA) is 65.3 Å². The number of hydrogen-bond acceptors (Lipinski definition) is 4. The lowest BCUT2D eigenvalue weighted by Crippen LogP contribution is -2.22. The van der Waals surface area contributed by atoms with Gasteiger partial charge in [0.2, 0.25) is 0 Å². The number of aliphatic hydroxyl groups excluding tert-OH is 1. The van der Waals surface area contributed by atoms with Crippen LogP contribution in [0.2, 0.25) is 0 Å². The van der Waals surface area contributed by atoms with Crippen molar-refractivity contribution in [1.82, 2.24) is 5.32 Å². The standard InChI is InChI=1S/C12H15FN2O2/c1-17-12-4-3-9(7-10(12)13)11(8-14)15-5-2-6-16/h3-4,7,11,15-16H,2,5-6H2,1H3. The molecule has 0 aliphatic heterocycles. The lowest BCUT2D eigenvalue weighted by molar-refractivity contribution is 0.285. The first-order valence-corrected chi connectivity index (χ1v) is 5.30. The molecule has 2 N–H and O–H groups in total. The summed E-state index contributed by atoms with van der Waals surface area (Å²) in [6.07, 6.45) is 0.552. The SMILES string of the molecule is COc1ccc(C(C#N)NCCCO)cc1F. The van der Waals surface area contributed by atoms with Crippen LogP contribution in [0.25, 0.3) is 0 Å². The number of hydrogen-bond donors (Lipinski definition) is 2. The second-order valence-electron chi connectivity index (χ2n) is 3.49. The lowest BCUT2D eigenvalue weighted by atomic mass is 10.1. The van der Waals surface area contributed by atoms with Crippen molar-refractivity contribution in [2.75, 3.05) is 20.3 Å². The number of rotatable bonds is 6. The van der Waals surface area contributed by atoms with Gasteiger partial charge in [-0.05, 0) is 30.7 Å². The zero-order valence-corrected chi connectivity index (χ0v) is 9.61. The van der Waals surface area contributed by atoms with Crippen LogP contribution < -0.4 is 10.1 Å². The molecular weight excluding hydrogens is 223 g/mol. The van der Waals surface area contributed by atoms with Gasteiger partial charge in [0.15, 0.2) is 11.6 Å². The zero-order valence-electron chi connectivity index (χ0n) is 9.61. The monoisotopic (exact) mass is 238 g/mol. The van der Waals surface area contributed by atoms with Gasteiger partial charge in [0.05, 0.1) is 13.2 Å². The molecule has 0 saturated carbocycles. The highest BCUT2D eigenvalue weighted by molar-refractivity contribution is 5.33. The maximum Gasteiger partial charge on any atom is 0.165 e. The Kier molecular flexibility index (Phi) is 5.40. The third-order valence-corrected chi connectivity index (χ3v) is 2.32. The average molecular weight is 238 g/mol. The number of nitrogens with zero attached hydrogens (tertiary/aromatic N) is 1. The second-order valence-corrected chi connectivity index (χ2v) is 3.49. The van der Waals surface area contributed by atoms with Crippen LogP contribution in [0, 0.1) is 17.1 Å². The molecule has 0 amide bonds. The van der Waals surface area contributed by atoms with Crippen LogP contribution in [-0.2, 0) is 0 Å². The van der Waals surface area contributed by atoms with E-state index in [0.29, 0.717) is 18.5 Å². The van der Waals surface area contributed by atoms with Gasteiger partial charge in [0, 0.05) is 6.61 Å². The van der Waals surface area contributed by atoms with E-state index in [4.69, 9.17) is 15.1 Å². The van der Waals surface area contributed by atoms with Crippen LogP contribution in [0.3, 0.4) is 0 Å². The Labute approximate surface area is 99.6 Å². The van der Waals surface area contributed by atoms with E-state index < -0.39 is 11.9 Å². The number of methoxy groups -OCH3 is 1. The summed E-state index contributed by atoms with van der Waals surface area (Å²) in [6.45, 7) is 0.560. The fraction of sp³-hybridized carbons (Fsp3) is 0.417. The van der Waals surface area contributed by atoms with Crippen molar-refractivity contribution in [3.8, 4) is 11.8 Å². The van der Waals surface area contributed by atoms with Crippen LogP contribution in [0.5, 0.6) is 5.75 Å². The molecule has 4 nitrogen and oxygen atoms in total. The summed E-state index contributed by atoms with van der Waals surface area (Å²) in [5.74, 6) is -0.338. The van der Waals surface area contributed by atoms with E-state index in [-0.39, 0.29) is 12.4 Å². The van der Waals surface area contributed by atoms with Crippen LogP contribution in [0.4, 0.5) is 4.39 Å². The van der Waals surface area contributed by atoms with Crippen molar-refractivity contribution in [2.45, 2.75) is 12.5 Å². The summed E-state index contributed by atoms with van der Waals surface area (Å²) in [7, 11) is 1.39. The molecule has 5 heteroatoms. The summed E-state index contributed by atoms with van der Waals surface area (Å²) in [5, 5.41) is 20.5. The van der Waals surface area contributed by atoms with E-state index >= 15 is 0 Å². The van der Waals surface area contributed by atoms with Crippen molar-refractivity contribution < 1.29 is 14.2 Å². The summed E-state index contributed by atoms with van der Waals surface area (Å²) in [5.41, 5.74) is 0.545. The highest BCUT2D eigenvalue weighted by Gasteiger charge is 2.12. The molecule has 1 unspecified atom stereocenters. The van der Waals surface area contributed by atoms with Gasteiger partial charge in [-0.15, -0.1) is 0 Å². The molecule has 17 heavy (non-hydrogen) atoms. The van der Waals surface area contributed by atoms with Crippen LogP contribution in [-0.4, -0.2) is 25.4 Å². The normalized spacial score (nSPS) is 11.9. The van der Waals surface area contributed by atoms with Gasteiger partial charge < -0.3 is 9.84 Å². The second kappa shape index (κ2) is 6.84. The molecule has 0 radical (unpaired) electrons. The Morgan fingerprint density at radius 3 is 2.88 bits per heavy atom. The molecule has 0 spiro atoms. The number of aliphatic hydroxyl groups is 1. The first kappa shape index (κ1) is 13.4. The Morgan fingerprint density at radius 1 is 1.59 bits per heavy atom. The molecular formula is C12H15FN2O2. The number of halogens is 1. The quantitative estimate of drug-likeness (QED) is 0.735. The van der Waals surface area contributed by atoms with Gasteiger partial charge in [-0.25, -0.2) is 4.39 Å². The van der Waals surface area contributed by atoms with Gasteiger partial charge in [0.25, 0.3) is 0 Å². The van der Waals surface area contributed by atoms with Crippen molar-refractivity contribution in [3.05, 3.63) is 29.6 Å². The molecule has 0 heterocycles. The van der Waals surface area contributed by atoms with E-state index in [1.54, 1.807) is 6.07 Å². The fourth-order valence-corrected chi connectivity index (χ4v) is 1.43. The van der Waals surface area contributed by atoms with E-state index in [9.17, 15) is 4.39 Å². The Bertz CT molecular complexity index is 404. The van der Waals surface area contributed by atoms with Gasteiger partial charge in [-0.3, -0.25) is 5.32 Å². The van der Waals surface area contributed by atoms with E-state index in [1.165, 1.54) is 19.2 Å². The predicted octanol–water partition coefficient (Wildman–Crippen LogP) is 1.37. The van der Waals surface area contributed by atoms with Gasteiger partial charge >= 0.3 is 0 Å². The molecule has 1 rings (SSSR count). The van der Waals surface area contributed by atoms with Gasteiger partial charge in [0.1, 0.15) is 6.04 Å². The van der Waals surface area contributed by atoms with E-state index in [0.717, 1.165) is 0 Å². The van der Waals surface area contributed by atoms with Crippen molar-refractivity contribution in [3.63, 3.8) is 0 Å². The first-order chi connectivity index (χ1) is 8.22. The van der Waals surface area contributed by atoms with E-state index in [1.807, 2.05) is 6.07 Å². The molecule has 92 valence electrons. The molecule has 1 aromatic carbocycles. The van der Waals surface area contributed by atoms with Crippen molar-refractivity contribution >= 4 is 0 Å². The van der Waals surface area contributed by atoms with Crippen molar-refractivity contribution in [2.24, 2.45) is 0 Å². The van der Waals surface area contributed by atoms with Crippen LogP contribution in [0.15, 0.2) is 18.2 Å². The van der Waals surface area contributed by atoms with E-state index in [2.05, 4.69) is 5.32 Å². The first-order valence-electron chi connectivity index (χ1n) is 5.30. The minimum atomic E-state index is -0.582. The van der Waals surface area contributed by atoms with Crippen LogP contribution >= 0.6 is 0 Å².